The van der Waals surface area contributed by atoms with E-state index in [1.54, 1.807) is 0 Å². The van der Waals surface area contributed by atoms with E-state index in [9.17, 15) is 21.6 Å². The number of hydrogen-bond acceptors (Lipinski definition) is 4. The number of benzene rings is 1. The average Bonchev–Trinajstić information content (AvgIpc) is 2.94. The van der Waals surface area contributed by atoms with Gasteiger partial charge in [0.2, 0.25) is 10.0 Å². The fourth-order valence-electron chi connectivity index (χ4n) is 2.36. The highest BCUT2D eigenvalue weighted by Gasteiger charge is 2.37. The van der Waals surface area contributed by atoms with Crippen molar-refractivity contribution in [3.05, 3.63) is 28.8 Å². The lowest BCUT2D eigenvalue weighted by Crippen LogP contribution is -2.38. The van der Waals surface area contributed by atoms with Crippen LogP contribution in [0.1, 0.15) is 12.0 Å². The summed E-state index contributed by atoms with van der Waals surface area (Å²) in [5, 5.41) is 8.54. The first-order chi connectivity index (χ1) is 10.6. The van der Waals surface area contributed by atoms with E-state index in [0.29, 0.717) is 19.0 Å². The van der Waals surface area contributed by atoms with Crippen LogP contribution in [0.25, 0.3) is 0 Å². The van der Waals surface area contributed by atoms with E-state index in [2.05, 4.69) is 0 Å². The molecule has 0 unspecified atom stereocenters. The minimum Gasteiger partial charge on any atom is -0.309 e. The normalized spacial score (nSPS) is 19.2. The summed E-state index contributed by atoms with van der Waals surface area (Å²) in [7, 11) is -2.93. The summed E-state index contributed by atoms with van der Waals surface area (Å²) < 4.78 is 64.5. The minimum atomic E-state index is -4.67. The second-order valence-electron chi connectivity index (χ2n) is 5.15. The Morgan fingerprint density at radius 2 is 2.09 bits per heavy atom. The third-order valence-electron chi connectivity index (χ3n) is 3.73. The second-order valence-corrected chi connectivity index (χ2v) is 7.53. The summed E-state index contributed by atoms with van der Waals surface area (Å²) in [5.41, 5.74) is -1.08. The van der Waals surface area contributed by atoms with Crippen molar-refractivity contribution in [2.24, 2.45) is 0 Å². The predicted octanol–water partition coefficient (Wildman–Crippen LogP) is 2.53. The van der Waals surface area contributed by atoms with Crippen molar-refractivity contribution in [2.75, 3.05) is 20.1 Å². The van der Waals surface area contributed by atoms with E-state index in [1.807, 2.05) is 6.19 Å². The van der Waals surface area contributed by atoms with Gasteiger partial charge in [-0.15, -0.1) is 0 Å². The first-order valence-electron chi connectivity index (χ1n) is 6.57. The molecule has 1 saturated heterocycles. The molecule has 1 heterocycles. The molecule has 0 aliphatic carbocycles. The van der Waals surface area contributed by atoms with Crippen LogP contribution in [0.2, 0.25) is 5.02 Å². The van der Waals surface area contributed by atoms with E-state index >= 15 is 0 Å². The summed E-state index contributed by atoms with van der Waals surface area (Å²) in [6, 6.07) is 1.69. The number of rotatable bonds is 3. The SMILES string of the molecule is CN([C@@H]1CCN(C#N)C1)S(=O)(=O)c1cc(C(F)(F)F)ccc1Cl. The minimum absolute atomic E-state index is 0.197. The van der Waals surface area contributed by atoms with Gasteiger partial charge in [0.25, 0.3) is 0 Å². The summed E-state index contributed by atoms with van der Waals surface area (Å²) in [6.45, 7) is 0.597. The molecule has 0 N–H and O–H groups in total. The topological polar surface area (TPSA) is 64.4 Å². The van der Waals surface area contributed by atoms with Crippen molar-refractivity contribution < 1.29 is 21.6 Å². The second kappa shape index (κ2) is 6.19. The molecule has 0 bridgehead atoms. The standard InChI is InChI=1S/C13H13ClF3N3O2S/c1-19(10-4-5-20(7-10)8-18)23(21,22)12-6-9(13(15,16)17)2-3-11(12)14/h2-3,6,10H,4-5,7H2,1H3/t10-/m1/s1. The van der Waals surface area contributed by atoms with Crippen LogP contribution in [0, 0.1) is 11.5 Å². The van der Waals surface area contributed by atoms with Crippen molar-refractivity contribution in [3.63, 3.8) is 0 Å². The molecule has 126 valence electrons. The largest absolute Gasteiger partial charge is 0.416 e. The molecule has 5 nitrogen and oxygen atoms in total. The van der Waals surface area contributed by atoms with Gasteiger partial charge in [0.05, 0.1) is 10.6 Å². The van der Waals surface area contributed by atoms with Crippen LogP contribution in [0.15, 0.2) is 23.1 Å². The number of hydrogen-bond donors (Lipinski definition) is 0. The number of nitriles is 1. The van der Waals surface area contributed by atoms with Crippen LogP contribution in [0.3, 0.4) is 0 Å². The Balaban J connectivity index is 2.38. The Hall–Kier alpha value is -1.50. The average molecular weight is 368 g/mol. The summed E-state index contributed by atoms with van der Waals surface area (Å²) in [6.07, 6.45) is -2.33. The fourth-order valence-corrected chi connectivity index (χ4v) is 4.23. The molecule has 0 amide bonds. The zero-order valence-corrected chi connectivity index (χ0v) is 13.6. The smallest absolute Gasteiger partial charge is 0.309 e. The highest BCUT2D eigenvalue weighted by atomic mass is 35.5. The molecule has 10 heteroatoms. The highest BCUT2D eigenvalue weighted by molar-refractivity contribution is 7.89. The number of alkyl halides is 3. The summed E-state index contributed by atoms with van der Waals surface area (Å²) in [5.74, 6) is 0. The van der Waals surface area contributed by atoms with Crippen molar-refractivity contribution in [1.82, 2.24) is 9.21 Å². The highest BCUT2D eigenvalue weighted by Crippen LogP contribution is 2.34. The van der Waals surface area contributed by atoms with Crippen LogP contribution in [0.5, 0.6) is 0 Å². The van der Waals surface area contributed by atoms with Crippen molar-refractivity contribution in [3.8, 4) is 6.19 Å². The summed E-state index contributed by atoms with van der Waals surface area (Å²) >= 11 is 5.80. The molecule has 1 aromatic rings. The fraction of sp³-hybridized carbons (Fsp3) is 0.462. The van der Waals surface area contributed by atoms with Crippen LogP contribution in [-0.4, -0.2) is 43.8 Å². The third-order valence-corrected chi connectivity index (χ3v) is 6.13. The van der Waals surface area contributed by atoms with Gasteiger partial charge in [-0.25, -0.2) is 8.42 Å². The Kier molecular flexibility index (Phi) is 4.80. The van der Waals surface area contributed by atoms with E-state index < -0.39 is 32.7 Å². The lowest BCUT2D eigenvalue weighted by Gasteiger charge is -2.24. The number of nitrogens with zero attached hydrogens (tertiary/aromatic N) is 3. The van der Waals surface area contributed by atoms with Gasteiger partial charge in [0, 0.05) is 26.2 Å². The van der Waals surface area contributed by atoms with Gasteiger partial charge in [0.1, 0.15) is 4.90 Å². The number of halogens is 4. The molecule has 1 aromatic carbocycles. The van der Waals surface area contributed by atoms with Gasteiger partial charge in [-0.1, -0.05) is 11.6 Å². The van der Waals surface area contributed by atoms with Crippen LogP contribution >= 0.6 is 11.6 Å². The van der Waals surface area contributed by atoms with Crippen molar-refractivity contribution in [1.29, 1.82) is 5.26 Å². The van der Waals surface area contributed by atoms with Crippen LogP contribution < -0.4 is 0 Å². The zero-order chi connectivity index (χ0) is 17.4. The summed E-state index contributed by atoms with van der Waals surface area (Å²) in [4.78, 5) is 0.802. The van der Waals surface area contributed by atoms with Gasteiger partial charge in [-0.05, 0) is 24.6 Å². The predicted molar refractivity (Wildman–Crippen MR) is 77.0 cm³/mol. The Labute approximate surface area is 136 Å². The molecule has 23 heavy (non-hydrogen) atoms. The maximum Gasteiger partial charge on any atom is 0.416 e. The zero-order valence-electron chi connectivity index (χ0n) is 12.0. The number of likely N-dealkylation sites (tertiary alicyclic amines) is 1. The molecule has 0 saturated carbocycles. The first-order valence-corrected chi connectivity index (χ1v) is 8.38. The van der Waals surface area contributed by atoms with Gasteiger partial charge >= 0.3 is 6.18 Å². The molecule has 1 aliphatic heterocycles. The lowest BCUT2D eigenvalue weighted by atomic mass is 10.2. The van der Waals surface area contributed by atoms with Crippen molar-refractivity contribution >= 4 is 21.6 Å². The first kappa shape index (κ1) is 17.8. The van der Waals surface area contributed by atoms with Gasteiger partial charge < -0.3 is 4.90 Å². The monoisotopic (exact) mass is 367 g/mol. The Morgan fingerprint density at radius 1 is 1.43 bits per heavy atom. The van der Waals surface area contributed by atoms with Crippen LogP contribution in [0.4, 0.5) is 13.2 Å². The molecule has 0 spiro atoms. The van der Waals surface area contributed by atoms with Crippen LogP contribution in [-0.2, 0) is 16.2 Å². The van der Waals surface area contributed by atoms with E-state index in [4.69, 9.17) is 16.9 Å². The maximum atomic E-state index is 12.8. The molecule has 0 aromatic heterocycles. The number of likely N-dealkylation sites (N-methyl/N-ethyl adjacent to an activating group) is 1. The van der Waals surface area contributed by atoms with E-state index in [1.165, 1.54) is 11.9 Å². The molecule has 1 aliphatic rings. The van der Waals surface area contributed by atoms with Crippen molar-refractivity contribution in [2.45, 2.75) is 23.5 Å². The quantitative estimate of drug-likeness (QED) is 0.770. The Bertz CT molecular complexity index is 746. The lowest BCUT2D eigenvalue weighted by molar-refractivity contribution is -0.137. The molecule has 2 rings (SSSR count). The molecular weight excluding hydrogens is 355 g/mol. The molecular formula is C13H13ClF3N3O2S. The molecule has 1 atom stereocenters. The van der Waals surface area contributed by atoms with Gasteiger partial charge in [-0.2, -0.15) is 22.7 Å². The maximum absolute atomic E-state index is 12.8. The molecule has 1 fully saturated rings. The number of sulfonamides is 1. The van der Waals surface area contributed by atoms with Gasteiger partial charge in [-0.3, -0.25) is 0 Å². The van der Waals surface area contributed by atoms with Gasteiger partial charge in [0.15, 0.2) is 6.19 Å². The third kappa shape index (κ3) is 3.54. The molecule has 0 radical (unpaired) electrons. The Morgan fingerprint density at radius 3 is 2.61 bits per heavy atom. The van der Waals surface area contributed by atoms with E-state index in [-0.39, 0.29) is 11.6 Å². The van der Waals surface area contributed by atoms with E-state index in [0.717, 1.165) is 16.4 Å².